The number of aromatic nitrogens is 1. The van der Waals surface area contributed by atoms with Crippen LogP contribution in [0.5, 0.6) is 0 Å². The first-order chi connectivity index (χ1) is 11.5. The van der Waals surface area contributed by atoms with Crippen molar-refractivity contribution in [2.24, 2.45) is 11.7 Å². The molecule has 2 heterocycles. The molecule has 2 atom stereocenters. The highest BCUT2D eigenvalue weighted by atomic mass is 16.2. The molecule has 1 aromatic heterocycles. The van der Waals surface area contributed by atoms with Crippen LogP contribution < -0.4 is 11.1 Å². The largest absolute Gasteiger partial charge is 0.327 e. The minimum atomic E-state index is 0.0168. The first-order valence-electron chi connectivity index (χ1n) is 9.34. The van der Waals surface area contributed by atoms with Gasteiger partial charge < -0.3 is 16.0 Å². The lowest BCUT2D eigenvalue weighted by Gasteiger charge is -2.26. The van der Waals surface area contributed by atoms with Crippen LogP contribution in [0.15, 0.2) is 12.3 Å². The number of aryl methyl sites for hydroxylation is 1. The van der Waals surface area contributed by atoms with Crippen molar-refractivity contribution in [1.29, 1.82) is 0 Å². The molecule has 24 heavy (non-hydrogen) atoms. The van der Waals surface area contributed by atoms with Crippen LogP contribution in [0.3, 0.4) is 0 Å². The zero-order chi connectivity index (χ0) is 17.1. The maximum atomic E-state index is 12.7. The van der Waals surface area contributed by atoms with Crippen LogP contribution in [0.1, 0.15) is 57.2 Å². The average Bonchev–Trinajstić information content (AvgIpc) is 3.01. The number of fused-ring (bicyclic) bond motifs is 1. The van der Waals surface area contributed by atoms with E-state index < -0.39 is 0 Å². The molecule has 3 N–H and O–H groups in total. The second kappa shape index (κ2) is 7.51. The molecule has 2 unspecified atom stereocenters. The molecule has 132 valence electrons. The van der Waals surface area contributed by atoms with Crippen LogP contribution in [0.2, 0.25) is 0 Å². The van der Waals surface area contributed by atoms with Gasteiger partial charge in [0.15, 0.2) is 0 Å². The van der Waals surface area contributed by atoms with Crippen LogP contribution in [0.4, 0.5) is 10.5 Å². The van der Waals surface area contributed by atoms with E-state index in [4.69, 9.17) is 5.73 Å². The molecule has 0 aromatic carbocycles. The molecule has 1 aliphatic heterocycles. The number of urea groups is 1. The maximum Gasteiger partial charge on any atom is 0.322 e. The summed E-state index contributed by atoms with van der Waals surface area (Å²) in [6, 6.07) is 2.66. The highest BCUT2D eigenvalue weighted by Crippen LogP contribution is 2.25. The molecule has 0 radical (unpaired) electrons. The molecule has 1 saturated heterocycles. The molecule has 0 spiro atoms. The topological polar surface area (TPSA) is 71.2 Å². The van der Waals surface area contributed by atoms with Gasteiger partial charge in [-0.2, -0.15) is 0 Å². The van der Waals surface area contributed by atoms with Gasteiger partial charge in [0, 0.05) is 24.3 Å². The van der Waals surface area contributed by atoms with Crippen molar-refractivity contribution >= 4 is 11.7 Å². The Morgan fingerprint density at radius 1 is 1.46 bits per heavy atom. The number of pyridine rings is 1. The summed E-state index contributed by atoms with van der Waals surface area (Å²) >= 11 is 0. The Morgan fingerprint density at radius 3 is 3.08 bits per heavy atom. The molecule has 0 bridgehead atoms. The van der Waals surface area contributed by atoms with E-state index in [1.807, 2.05) is 4.90 Å². The summed E-state index contributed by atoms with van der Waals surface area (Å²) in [5.41, 5.74) is 9.16. The second-order valence-corrected chi connectivity index (χ2v) is 7.72. The Morgan fingerprint density at radius 2 is 2.29 bits per heavy atom. The standard InChI is InChI=1S/C19H30N4O/c1-13(2)5-7-17-4-3-9-23(17)19(24)22-16-11-14-10-15(20)6-8-18(14)21-12-16/h11-13,15,17H,3-10,20H2,1-2H3,(H,22,24). The number of nitrogens with two attached hydrogens (primary N) is 1. The van der Waals surface area contributed by atoms with Crippen LogP contribution >= 0.6 is 0 Å². The molecular formula is C19H30N4O. The minimum absolute atomic E-state index is 0.0168. The lowest BCUT2D eigenvalue weighted by molar-refractivity contribution is 0.201. The van der Waals surface area contributed by atoms with Crippen LogP contribution in [0, 0.1) is 5.92 Å². The van der Waals surface area contributed by atoms with E-state index in [1.54, 1.807) is 6.20 Å². The summed E-state index contributed by atoms with van der Waals surface area (Å²) < 4.78 is 0. The number of rotatable bonds is 4. The number of nitrogens with zero attached hydrogens (tertiary/aromatic N) is 2. The summed E-state index contributed by atoms with van der Waals surface area (Å²) in [5.74, 6) is 0.685. The zero-order valence-corrected chi connectivity index (χ0v) is 14.9. The van der Waals surface area contributed by atoms with Crippen LogP contribution in [0.25, 0.3) is 0 Å². The van der Waals surface area contributed by atoms with E-state index in [2.05, 4.69) is 30.2 Å². The van der Waals surface area contributed by atoms with Crippen molar-refractivity contribution in [2.75, 3.05) is 11.9 Å². The third kappa shape index (κ3) is 4.07. The fourth-order valence-corrected chi connectivity index (χ4v) is 3.84. The number of carbonyl (C=O) groups is 1. The molecule has 5 nitrogen and oxygen atoms in total. The first kappa shape index (κ1) is 17.2. The van der Waals surface area contributed by atoms with Crippen LogP contribution in [-0.4, -0.2) is 34.5 Å². The first-order valence-corrected chi connectivity index (χ1v) is 9.34. The lowest BCUT2D eigenvalue weighted by atomic mass is 9.92. The highest BCUT2D eigenvalue weighted by Gasteiger charge is 2.28. The van der Waals surface area contributed by atoms with E-state index in [9.17, 15) is 4.79 Å². The summed E-state index contributed by atoms with van der Waals surface area (Å²) in [6.45, 7) is 5.34. The molecule has 5 heteroatoms. The lowest BCUT2D eigenvalue weighted by Crippen LogP contribution is -2.39. The highest BCUT2D eigenvalue weighted by molar-refractivity contribution is 5.89. The van der Waals surface area contributed by atoms with Gasteiger partial charge in [-0.15, -0.1) is 0 Å². The van der Waals surface area contributed by atoms with E-state index in [-0.39, 0.29) is 12.1 Å². The fraction of sp³-hybridized carbons (Fsp3) is 0.684. The quantitative estimate of drug-likeness (QED) is 0.889. The van der Waals surface area contributed by atoms with Gasteiger partial charge in [-0.25, -0.2) is 4.79 Å². The predicted molar refractivity (Wildman–Crippen MR) is 97.1 cm³/mol. The van der Waals surface area contributed by atoms with Gasteiger partial charge in [0.25, 0.3) is 0 Å². The monoisotopic (exact) mass is 330 g/mol. The van der Waals surface area contributed by atoms with Gasteiger partial charge in [-0.1, -0.05) is 13.8 Å². The maximum absolute atomic E-state index is 12.7. The number of amides is 2. The number of carbonyl (C=O) groups excluding carboxylic acids is 1. The second-order valence-electron chi connectivity index (χ2n) is 7.72. The fourth-order valence-electron chi connectivity index (χ4n) is 3.84. The summed E-state index contributed by atoms with van der Waals surface area (Å²) in [4.78, 5) is 19.2. The van der Waals surface area contributed by atoms with Gasteiger partial charge >= 0.3 is 6.03 Å². The molecular weight excluding hydrogens is 300 g/mol. The van der Waals surface area contributed by atoms with Crippen LogP contribution in [-0.2, 0) is 12.8 Å². The van der Waals surface area contributed by atoms with Crippen molar-refractivity contribution in [2.45, 2.75) is 70.9 Å². The van der Waals surface area contributed by atoms with Gasteiger partial charge in [0.2, 0.25) is 0 Å². The molecule has 0 saturated carbocycles. The molecule has 3 rings (SSSR count). The Kier molecular flexibility index (Phi) is 5.39. The van der Waals surface area contributed by atoms with Gasteiger partial charge in [-0.3, -0.25) is 4.98 Å². The van der Waals surface area contributed by atoms with Gasteiger partial charge in [0.05, 0.1) is 11.9 Å². The molecule has 1 aliphatic carbocycles. The molecule has 2 amide bonds. The smallest absolute Gasteiger partial charge is 0.322 e. The number of hydrogen-bond acceptors (Lipinski definition) is 3. The number of nitrogens with one attached hydrogen (secondary N) is 1. The van der Waals surface area contributed by atoms with Gasteiger partial charge in [0.1, 0.15) is 0 Å². The van der Waals surface area contributed by atoms with E-state index in [0.717, 1.165) is 56.5 Å². The van der Waals surface area contributed by atoms with E-state index >= 15 is 0 Å². The zero-order valence-electron chi connectivity index (χ0n) is 14.9. The molecule has 2 aliphatic rings. The van der Waals surface area contributed by atoms with Crippen molar-refractivity contribution in [3.63, 3.8) is 0 Å². The average molecular weight is 330 g/mol. The Labute approximate surface area is 145 Å². The third-order valence-electron chi connectivity index (χ3n) is 5.26. The Balaban J connectivity index is 1.63. The number of anilines is 1. The summed E-state index contributed by atoms with van der Waals surface area (Å²) in [7, 11) is 0. The van der Waals surface area contributed by atoms with Gasteiger partial charge in [-0.05, 0) is 62.5 Å². The Hall–Kier alpha value is -1.62. The van der Waals surface area contributed by atoms with Crippen molar-refractivity contribution in [3.8, 4) is 0 Å². The SMILES string of the molecule is CC(C)CCC1CCCN1C(=O)Nc1cnc2c(c1)CC(N)CC2. The molecule has 1 fully saturated rings. The summed E-state index contributed by atoms with van der Waals surface area (Å²) in [5, 5.41) is 3.05. The number of hydrogen-bond donors (Lipinski definition) is 2. The van der Waals surface area contributed by atoms with Crippen molar-refractivity contribution in [1.82, 2.24) is 9.88 Å². The van der Waals surface area contributed by atoms with E-state index in [1.165, 1.54) is 12.0 Å². The Bertz CT molecular complexity index is 587. The number of likely N-dealkylation sites (tertiary alicyclic amines) is 1. The minimum Gasteiger partial charge on any atom is -0.327 e. The molecule has 1 aromatic rings. The summed E-state index contributed by atoms with van der Waals surface area (Å²) in [6.07, 6.45) is 9.07. The third-order valence-corrected chi connectivity index (χ3v) is 5.26. The van der Waals surface area contributed by atoms with Crippen molar-refractivity contribution < 1.29 is 4.79 Å². The normalized spacial score (nSPS) is 23.4. The van der Waals surface area contributed by atoms with E-state index in [0.29, 0.717) is 12.0 Å². The predicted octanol–water partition coefficient (Wildman–Crippen LogP) is 3.33. The van der Waals surface area contributed by atoms with Crippen molar-refractivity contribution in [3.05, 3.63) is 23.5 Å².